The molecule has 258 valence electrons. The van der Waals surface area contributed by atoms with Crippen LogP contribution in [0.15, 0.2) is 72.8 Å². The molecule has 1 aliphatic heterocycles. The maximum Gasteiger partial charge on any atom is 0.335 e. The molecule has 4 atom stereocenters. The number of carboxylic acids is 1. The smallest absolute Gasteiger partial charge is 0.335 e. The summed E-state index contributed by atoms with van der Waals surface area (Å²) >= 11 is 0. The lowest BCUT2D eigenvalue weighted by molar-refractivity contribution is -0.115. The van der Waals surface area contributed by atoms with Crippen molar-refractivity contribution in [3.63, 3.8) is 0 Å². The topological polar surface area (TPSA) is 129 Å². The van der Waals surface area contributed by atoms with Crippen LogP contribution in [0.3, 0.4) is 0 Å². The van der Waals surface area contributed by atoms with Crippen molar-refractivity contribution in [3.8, 4) is 5.75 Å². The molecule has 10 heteroatoms. The van der Waals surface area contributed by atoms with Gasteiger partial charge in [-0.25, -0.2) is 4.79 Å². The Morgan fingerprint density at radius 2 is 1.75 bits per heavy atom. The molecule has 0 aromatic heterocycles. The van der Waals surface area contributed by atoms with Crippen LogP contribution >= 0.6 is 0 Å². The first kappa shape index (κ1) is 36.6. The minimum atomic E-state index is -0.958. The van der Waals surface area contributed by atoms with Crippen molar-refractivity contribution in [2.75, 3.05) is 38.7 Å². The summed E-state index contributed by atoms with van der Waals surface area (Å²) in [7, 11) is 1.99. The number of likely N-dealkylation sites (N-methyl/N-ethyl adjacent to an activating group) is 1. The second kappa shape index (κ2) is 17.8. The van der Waals surface area contributed by atoms with Crippen molar-refractivity contribution in [3.05, 3.63) is 95.1 Å². The summed E-state index contributed by atoms with van der Waals surface area (Å²) in [5, 5.41) is 22.4. The lowest BCUT2D eigenvalue weighted by Gasteiger charge is -2.36. The molecule has 3 aromatic carbocycles. The maximum absolute atomic E-state index is 14.4. The van der Waals surface area contributed by atoms with Crippen LogP contribution in [0.25, 0.3) is 0 Å². The quantitative estimate of drug-likeness (QED) is 0.261. The van der Waals surface area contributed by atoms with E-state index in [1.807, 2.05) is 63.4 Å². The average Bonchev–Trinajstić information content (AvgIpc) is 3.06. The second-order valence-corrected chi connectivity index (χ2v) is 12.9. The van der Waals surface area contributed by atoms with Gasteiger partial charge in [0.15, 0.2) is 0 Å². The number of aromatic carboxylic acids is 1. The number of nitrogens with zero attached hydrogens (tertiary/aromatic N) is 2. The molecule has 3 N–H and O–H groups in total. The zero-order chi connectivity index (χ0) is 34.6. The zero-order valence-corrected chi connectivity index (χ0v) is 28.4. The highest BCUT2D eigenvalue weighted by Crippen LogP contribution is 2.29. The molecule has 3 aromatic rings. The molecule has 0 spiro atoms. The molecular formula is C38H49N3O7. The largest absolute Gasteiger partial charge is 0.490 e. The fourth-order valence-electron chi connectivity index (χ4n) is 5.89. The number of anilines is 1. The molecule has 48 heavy (non-hydrogen) atoms. The summed E-state index contributed by atoms with van der Waals surface area (Å²) in [5.41, 5.74) is 2.93. The van der Waals surface area contributed by atoms with Crippen molar-refractivity contribution < 1.29 is 34.1 Å². The Kier molecular flexibility index (Phi) is 13.5. The van der Waals surface area contributed by atoms with E-state index in [1.54, 1.807) is 35.2 Å². The lowest BCUT2D eigenvalue weighted by atomic mass is 10.0. The van der Waals surface area contributed by atoms with E-state index >= 15 is 0 Å². The van der Waals surface area contributed by atoms with Gasteiger partial charge in [-0.15, -0.1) is 0 Å². The van der Waals surface area contributed by atoms with Gasteiger partial charge in [0, 0.05) is 37.8 Å². The molecule has 0 bridgehead atoms. The fraction of sp³-hybridized carbons (Fsp3) is 0.447. The first-order valence-corrected chi connectivity index (χ1v) is 16.7. The van der Waals surface area contributed by atoms with Gasteiger partial charge in [-0.05, 0) is 81.6 Å². The van der Waals surface area contributed by atoms with Crippen LogP contribution in [0.2, 0.25) is 0 Å². The van der Waals surface area contributed by atoms with E-state index in [2.05, 4.69) is 17.1 Å². The fourth-order valence-corrected chi connectivity index (χ4v) is 5.89. The minimum Gasteiger partial charge on any atom is -0.490 e. The van der Waals surface area contributed by atoms with Crippen molar-refractivity contribution >= 4 is 23.5 Å². The Labute approximate surface area is 283 Å². The predicted octanol–water partition coefficient (Wildman–Crippen LogP) is 5.49. The van der Waals surface area contributed by atoms with Gasteiger partial charge in [0.25, 0.3) is 5.91 Å². The normalized spacial score (nSPS) is 19.9. The molecule has 0 unspecified atom stereocenters. The number of aliphatic hydroxyl groups is 1. The van der Waals surface area contributed by atoms with Crippen LogP contribution < -0.4 is 10.1 Å². The summed E-state index contributed by atoms with van der Waals surface area (Å²) in [6, 6.07) is 21.0. The Morgan fingerprint density at radius 3 is 2.44 bits per heavy atom. The molecular weight excluding hydrogens is 610 g/mol. The van der Waals surface area contributed by atoms with Crippen molar-refractivity contribution in [1.82, 2.24) is 9.80 Å². The standard InChI is InChI=1S/C38H49N3O7/c1-26-22-41(27(2)25-42)37(44)33-21-32(39-36(43)20-29-11-6-5-7-12-29)17-18-34(33)48-28(3)10-8-9-19-47-35(26)24-40(4)23-30-13-15-31(16-14-30)38(45)46/h5-7,11-18,21,26-28,35,42H,8-10,19-20,22-25H2,1-4H3,(H,39,43)(H,45,46)/t26-,27-,28+,35-/m0/s1. The molecule has 0 saturated carbocycles. The summed E-state index contributed by atoms with van der Waals surface area (Å²) in [6.07, 6.45) is 2.35. The van der Waals surface area contributed by atoms with E-state index < -0.39 is 12.0 Å². The van der Waals surface area contributed by atoms with E-state index in [-0.39, 0.29) is 48.5 Å². The Balaban J connectivity index is 1.57. The van der Waals surface area contributed by atoms with Crippen LogP contribution in [-0.2, 0) is 22.5 Å². The number of aliphatic hydroxyl groups excluding tert-OH is 1. The number of hydrogen-bond acceptors (Lipinski definition) is 7. The summed E-state index contributed by atoms with van der Waals surface area (Å²) in [4.78, 5) is 42.3. The molecule has 0 aliphatic carbocycles. The van der Waals surface area contributed by atoms with E-state index in [0.29, 0.717) is 43.2 Å². The Bertz CT molecular complexity index is 1500. The van der Waals surface area contributed by atoms with Gasteiger partial charge in [-0.2, -0.15) is 0 Å². The van der Waals surface area contributed by atoms with Crippen LogP contribution in [0.5, 0.6) is 5.75 Å². The van der Waals surface area contributed by atoms with Gasteiger partial charge in [0.2, 0.25) is 5.91 Å². The number of nitrogens with one attached hydrogen (secondary N) is 1. The first-order chi connectivity index (χ1) is 23.0. The monoisotopic (exact) mass is 659 g/mol. The zero-order valence-electron chi connectivity index (χ0n) is 28.4. The number of amides is 2. The number of carbonyl (C=O) groups excluding carboxylic acids is 2. The van der Waals surface area contributed by atoms with E-state index in [9.17, 15) is 24.6 Å². The van der Waals surface area contributed by atoms with E-state index in [0.717, 1.165) is 30.4 Å². The summed E-state index contributed by atoms with van der Waals surface area (Å²) in [5.74, 6) is -1.11. The molecule has 0 saturated heterocycles. The van der Waals surface area contributed by atoms with Gasteiger partial charge >= 0.3 is 5.97 Å². The number of rotatable bonds is 10. The number of carbonyl (C=O) groups is 3. The van der Waals surface area contributed by atoms with Gasteiger partial charge in [0.1, 0.15) is 5.75 Å². The Hall–Kier alpha value is -4.25. The average molecular weight is 660 g/mol. The third-order valence-corrected chi connectivity index (χ3v) is 8.69. The van der Waals surface area contributed by atoms with Gasteiger partial charge in [0.05, 0.1) is 42.4 Å². The number of hydrogen-bond donors (Lipinski definition) is 3. The molecule has 10 nitrogen and oxygen atoms in total. The van der Waals surface area contributed by atoms with Crippen molar-refractivity contribution in [2.24, 2.45) is 5.92 Å². The number of ether oxygens (including phenoxy) is 2. The third kappa shape index (κ3) is 10.6. The highest BCUT2D eigenvalue weighted by Gasteiger charge is 2.30. The van der Waals surface area contributed by atoms with Crippen LogP contribution in [-0.4, -0.2) is 89.4 Å². The van der Waals surface area contributed by atoms with E-state index in [4.69, 9.17) is 9.47 Å². The number of fused-ring (bicyclic) bond motifs is 1. The molecule has 1 aliphatic rings. The van der Waals surface area contributed by atoms with E-state index in [1.165, 1.54) is 0 Å². The first-order valence-electron chi connectivity index (χ1n) is 16.7. The second-order valence-electron chi connectivity index (χ2n) is 12.9. The van der Waals surface area contributed by atoms with Crippen LogP contribution in [0.4, 0.5) is 5.69 Å². The molecule has 4 rings (SSSR count). The van der Waals surface area contributed by atoms with Crippen LogP contribution in [0, 0.1) is 5.92 Å². The molecule has 0 radical (unpaired) electrons. The predicted molar refractivity (Wildman–Crippen MR) is 185 cm³/mol. The highest BCUT2D eigenvalue weighted by atomic mass is 16.5. The SMILES string of the molecule is C[C@@H]1CCCCO[C@@H](CN(C)Cc2ccc(C(=O)O)cc2)[C@@H](C)CN([C@@H](C)CO)C(=O)c2cc(NC(=O)Cc3ccccc3)ccc2O1. The number of benzene rings is 3. The lowest BCUT2D eigenvalue weighted by Crippen LogP contribution is -2.47. The summed E-state index contributed by atoms with van der Waals surface area (Å²) < 4.78 is 12.8. The van der Waals surface area contributed by atoms with Gasteiger partial charge in [-0.3, -0.25) is 14.5 Å². The summed E-state index contributed by atoms with van der Waals surface area (Å²) in [6.45, 7) is 7.69. The molecule has 2 amide bonds. The number of carboxylic acid groups (broad SMARTS) is 1. The van der Waals surface area contributed by atoms with Gasteiger partial charge in [-0.1, -0.05) is 49.4 Å². The molecule has 0 fully saturated rings. The minimum absolute atomic E-state index is 0.0974. The van der Waals surface area contributed by atoms with Crippen LogP contribution in [0.1, 0.15) is 71.9 Å². The molecule has 1 heterocycles. The van der Waals surface area contributed by atoms with Gasteiger partial charge < -0.3 is 29.9 Å². The van der Waals surface area contributed by atoms with Crippen molar-refractivity contribution in [2.45, 2.75) is 71.2 Å². The Morgan fingerprint density at radius 1 is 1.02 bits per heavy atom. The maximum atomic E-state index is 14.4. The third-order valence-electron chi connectivity index (χ3n) is 8.69. The highest BCUT2D eigenvalue weighted by molar-refractivity contribution is 6.00. The van der Waals surface area contributed by atoms with Crippen molar-refractivity contribution in [1.29, 1.82) is 0 Å².